The van der Waals surface area contributed by atoms with Gasteiger partial charge in [0.15, 0.2) is 5.69 Å². The Kier molecular flexibility index (Phi) is 2.17. The summed E-state index contributed by atoms with van der Waals surface area (Å²) in [6.07, 6.45) is 1.06. The number of aromatic nitrogens is 3. The lowest BCUT2D eigenvalue weighted by Gasteiger charge is -2.03. The van der Waals surface area contributed by atoms with E-state index in [2.05, 4.69) is 10.3 Å². The average Bonchev–Trinajstić information content (AvgIpc) is 2.67. The number of carbonyl (C=O) groups is 1. The van der Waals surface area contributed by atoms with Gasteiger partial charge in [0.25, 0.3) is 0 Å². The van der Waals surface area contributed by atoms with Crippen molar-refractivity contribution in [3.8, 4) is 5.69 Å². The average molecular weight is 207 g/mol. The molecule has 1 aromatic carbocycles. The van der Waals surface area contributed by atoms with Crippen LogP contribution in [0.4, 0.5) is 4.39 Å². The Morgan fingerprint density at radius 1 is 1.40 bits per heavy atom. The number of halogens is 1. The van der Waals surface area contributed by atoms with Crippen molar-refractivity contribution in [2.45, 2.75) is 0 Å². The molecule has 0 saturated carbocycles. The molecular formula is C9H6FN3O2. The van der Waals surface area contributed by atoms with Crippen LogP contribution in [0.15, 0.2) is 30.5 Å². The third-order valence-corrected chi connectivity index (χ3v) is 1.85. The smallest absolute Gasteiger partial charge is 0.356 e. The van der Waals surface area contributed by atoms with Gasteiger partial charge in [-0.1, -0.05) is 17.3 Å². The molecule has 0 aliphatic heterocycles. The van der Waals surface area contributed by atoms with Crippen LogP contribution < -0.4 is 0 Å². The monoisotopic (exact) mass is 207 g/mol. The van der Waals surface area contributed by atoms with Gasteiger partial charge in [-0.3, -0.25) is 0 Å². The highest BCUT2D eigenvalue weighted by Gasteiger charge is 2.15. The van der Waals surface area contributed by atoms with Crippen molar-refractivity contribution in [2.75, 3.05) is 0 Å². The lowest BCUT2D eigenvalue weighted by molar-refractivity contribution is 0.0687. The molecule has 0 aliphatic carbocycles. The predicted octanol–water partition coefficient (Wildman–Crippen LogP) is 1.10. The molecule has 1 N–H and O–H groups in total. The second-order valence-electron chi connectivity index (χ2n) is 2.79. The number of aromatic carboxylic acids is 1. The van der Waals surface area contributed by atoms with Gasteiger partial charge in [-0.15, -0.1) is 5.10 Å². The zero-order valence-electron chi connectivity index (χ0n) is 7.46. The summed E-state index contributed by atoms with van der Waals surface area (Å²) in [5, 5.41) is 15.7. The molecule has 2 aromatic rings. The molecule has 0 spiro atoms. The van der Waals surface area contributed by atoms with Crippen LogP contribution in [-0.2, 0) is 0 Å². The minimum Gasteiger partial charge on any atom is -0.476 e. The maximum absolute atomic E-state index is 13.3. The fourth-order valence-corrected chi connectivity index (χ4v) is 1.18. The van der Waals surface area contributed by atoms with Crippen molar-refractivity contribution >= 4 is 5.97 Å². The maximum atomic E-state index is 13.3. The first kappa shape index (κ1) is 9.32. The Balaban J connectivity index is 2.59. The third-order valence-electron chi connectivity index (χ3n) is 1.85. The normalized spacial score (nSPS) is 10.2. The van der Waals surface area contributed by atoms with Crippen LogP contribution >= 0.6 is 0 Å². The highest BCUT2D eigenvalue weighted by molar-refractivity contribution is 5.85. The van der Waals surface area contributed by atoms with Crippen molar-refractivity contribution in [3.05, 3.63) is 42.0 Å². The Morgan fingerprint density at radius 2 is 2.13 bits per heavy atom. The second-order valence-corrected chi connectivity index (χ2v) is 2.79. The molecule has 0 atom stereocenters. The highest BCUT2D eigenvalue weighted by atomic mass is 19.1. The fraction of sp³-hybridized carbons (Fsp3) is 0. The molecule has 0 amide bonds. The molecule has 0 aliphatic rings. The van der Waals surface area contributed by atoms with Crippen molar-refractivity contribution in [3.63, 3.8) is 0 Å². The van der Waals surface area contributed by atoms with E-state index in [4.69, 9.17) is 5.11 Å². The SMILES string of the molecule is O=C(O)c1cnnn1-c1ccccc1F. The summed E-state index contributed by atoms with van der Waals surface area (Å²) >= 11 is 0. The molecule has 2 rings (SSSR count). The Labute approximate surface area is 83.8 Å². The number of hydrogen-bond acceptors (Lipinski definition) is 3. The summed E-state index contributed by atoms with van der Waals surface area (Å²) in [6, 6.07) is 5.75. The van der Waals surface area contributed by atoms with Crippen molar-refractivity contribution < 1.29 is 14.3 Å². The van der Waals surface area contributed by atoms with Gasteiger partial charge in [-0.25, -0.2) is 13.9 Å². The molecule has 1 heterocycles. The Morgan fingerprint density at radius 3 is 2.80 bits per heavy atom. The number of carboxylic acid groups (broad SMARTS) is 1. The molecule has 1 aromatic heterocycles. The number of para-hydroxylation sites is 1. The van der Waals surface area contributed by atoms with Crippen LogP contribution in [0, 0.1) is 5.82 Å². The van der Waals surface area contributed by atoms with E-state index >= 15 is 0 Å². The van der Waals surface area contributed by atoms with Crippen LogP contribution in [0.1, 0.15) is 10.5 Å². The molecule has 0 fully saturated rings. The number of carboxylic acids is 1. The Bertz CT molecular complexity index is 510. The minimum atomic E-state index is -1.21. The first-order valence-corrected chi connectivity index (χ1v) is 4.09. The standard InChI is InChI=1S/C9H6FN3O2/c10-6-3-1-2-4-7(6)13-8(9(14)15)5-11-12-13/h1-5H,(H,14,15). The van der Waals surface area contributed by atoms with Gasteiger partial charge < -0.3 is 5.11 Å². The van der Waals surface area contributed by atoms with Crippen LogP contribution in [-0.4, -0.2) is 26.1 Å². The minimum absolute atomic E-state index is 0.0624. The van der Waals surface area contributed by atoms with E-state index in [1.165, 1.54) is 18.2 Å². The first-order valence-electron chi connectivity index (χ1n) is 4.09. The molecule has 0 bridgehead atoms. The molecule has 5 nitrogen and oxygen atoms in total. The van der Waals surface area contributed by atoms with E-state index in [-0.39, 0.29) is 11.4 Å². The van der Waals surface area contributed by atoms with E-state index in [1.807, 2.05) is 0 Å². The van der Waals surface area contributed by atoms with E-state index in [0.717, 1.165) is 10.9 Å². The number of rotatable bonds is 2. The van der Waals surface area contributed by atoms with E-state index in [0.29, 0.717) is 0 Å². The summed E-state index contributed by atoms with van der Waals surface area (Å²) in [6.45, 7) is 0. The van der Waals surface area contributed by atoms with Gasteiger partial charge in [0.2, 0.25) is 0 Å². The summed E-state index contributed by atoms with van der Waals surface area (Å²) in [4.78, 5) is 10.7. The van der Waals surface area contributed by atoms with Crippen molar-refractivity contribution in [2.24, 2.45) is 0 Å². The zero-order valence-corrected chi connectivity index (χ0v) is 7.46. The van der Waals surface area contributed by atoms with Crippen molar-refractivity contribution in [1.29, 1.82) is 0 Å². The van der Waals surface area contributed by atoms with E-state index in [1.54, 1.807) is 6.07 Å². The molecular weight excluding hydrogens is 201 g/mol. The lowest BCUT2D eigenvalue weighted by Crippen LogP contribution is -2.09. The van der Waals surface area contributed by atoms with E-state index < -0.39 is 11.8 Å². The predicted molar refractivity (Wildman–Crippen MR) is 48.3 cm³/mol. The van der Waals surface area contributed by atoms with Gasteiger partial charge in [0, 0.05) is 0 Å². The van der Waals surface area contributed by atoms with Crippen LogP contribution in [0.3, 0.4) is 0 Å². The molecule has 0 saturated heterocycles. The fourth-order valence-electron chi connectivity index (χ4n) is 1.18. The van der Waals surface area contributed by atoms with Crippen molar-refractivity contribution in [1.82, 2.24) is 15.0 Å². The molecule has 6 heteroatoms. The van der Waals surface area contributed by atoms with Crippen LogP contribution in [0.5, 0.6) is 0 Å². The summed E-state index contributed by atoms with van der Waals surface area (Å²) in [5.74, 6) is -1.76. The molecule has 0 unspecified atom stereocenters. The van der Waals surface area contributed by atoms with Gasteiger partial charge >= 0.3 is 5.97 Å². The van der Waals surface area contributed by atoms with Gasteiger partial charge in [0.05, 0.1) is 6.20 Å². The largest absolute Gasteiger partial charge is 0.476 e. The lowest BCUT2D eigenvalue weighted by atomic mass is 10.3. The number of hydrogen-bond donors (Lipinski definition) is 1. The summed E-state index contributed by atoms with van der Waals surface area (Å²) in [5.41, 5.74) is -0.118. The number of benzene rings is 1. The highest BCUT2D eigenvalue weighted by Crippen LogP contribution is 2.13. The summed E-state index contributed by atoms with van der Waals surface area (Å²) in [7, 11) is 0. The topological polar surface area (TPSA) is 68.0 Å². The van der Waals surface area contributed by atoms with Crippen LogP contribution in [0.25, 0.3) is 5.69 Å². The maximum Gasteiger partial charge on any atom is 0.356 e. The summed E-state index contributed by atoms with van der Waals surface area (Å²) < 4.78 is 14.3. The van der Waals surface area contributed by atoms with Gasteiger partial charge in [-0.05, 0) is 12.1 Å². The number of nitrogens with zero attached hydrogens (tertiary/aromatic N) is 3. The van der Waals surface area contributed by atoms with E-state index in [9.17, 15) is 9.18 Å². The molecule has 15 heavy (non-hydrogen) atoms. The van der Waals surface area contributed by atoms with Crippen LogP contribution in [0.2, 0.25) is 0 Å². The molecule has 76 valence electrons. The van der Waals surface area contributed by atoms with Gasteiger partial charge in [-0.2, -0.15) is 0 Å². The first-order chi connectivity index (χ1) is 7.20. The Hall–Kier alpha value is -2.24. The third kappa shape index (κ3) is 1.56. The van der Waals surface area contributed by atoms with Gasteiger partial charge in [0.1, 0.15) is 11.5 Å². The quantitative estimate of drug-likeness (QED) is 0.800. The second kappa shape index (κ2) is 3.49. The zero-order chi connectivity index (χ0) is 10.8. The molecule has 0 radical (unpaired) electrons.